The van der Waals surface area contributed by atoms with Gasteiger partial charge in [0.05, 0.1) is 12.9 Å². The first kappa shape index (κ1) is 25.2. The van der Waals surface area contributed by atoms with Crippen molar-refractivity contribution in [3.8, 4) is 5.75 Å². The zero-order valence-electron chi connectivity index (χ0n) is 20.0. The molecule has 1 fully saturated rings. The number of carbonyl (C=O) groups excluding carboxylic acids is 2. The third-order valence-corrected chi connectivity index (χ3v) is 7.20. The highest BCUT2D eigenvalue weighted by Gasteiger charge is 2.28. The summed E-state index contributed by atoms with van der Waals surface area (Å²) in [6.07, 6.45) is 5.62. The number of thioether (sulfide) groups is 1. The van der Waals surface area contributed by atoms with Crippen molar-refractivity contribution in [3.63, 3.8) is 0 Å². The number of hydrogen-bond acceptors (Lipinski definition) is 4. The number of methoxy groups -OCH3 is 1. The average Bonchev–Trinajstić information content (AvgIpc) is 2.83. The van der Waals surface area contributed by atoms with Crippen LogP contribution in [0.3, 0.4) is 0 Å². The number of amides is 2. The van der Waals surface area contributed by atoms with Crippen LogP contribution in [0.25, 0.3) is 0 Å². The summed E-state index contributed by atoms with van der Waals surface area (Å²) < 4.78 is 5.21. The van der Waals surface area contributed by atoms with Gasteiger partial charge in [-0.1, -0.05) is 61.2 Å². The maximum Gasteiger partial charge on any atom is 0.242 e. The number of rotatable bonds is 10. The van der Waals surface area contributed by atoms with E-state index >= 15 is 0 Å². The third-order valence-electron chi connectivity index (χ3n) is 6.21. The Morgan fingerprint density at radius 1 is 1.09 bits per heavy atom. The van der Waals surface area contributed by atoms with E-state index in [2.05, 4.69) is 11.4 Å². The molecule has 0 bridgehead atoms. The lowest BCUT2D eigenvalue weighted by Gasteiger charge is -2.31. The SMILES string of the molecule is COc1ccc(CSCC(=O)N(Cc2cccc(C)c2)[C@H](C)C(=O)NC2CCCCC2)cc1. The standard InChI is InChI=1S/C27H36N2O3S/c1-20-8-7-9-23(16-20)17-29(21(2)27(31)28-24-10-5-4-6-11-24)26(30)19-33-18-22-12-14-25(32-3)15-13-22/h7-9,12-16,21,24H,4-6,10-11,17-19H2,1-3H3,(H,28,31)/t21-/m1/s1. The Morgan fingerprint density at radius 2 is 1.82 bits per heavy atom. The Morgan fingerprint density at radius 3 is 2.48 bits per heavy atom. The minimum absolute atomic E-state index is 0.0127. The van der Waals surface area contributed by atoms with Crippen LogP contribution in [-0.2, 0) is 21.9 Å². The van der Waals surface area contributed by atoms with Crippen LogP contribution in [0.4, 0.5) is 0 Å². The molecule has 0 unspecified atom stereocenters. The number of nitrogens with zero attached hydrogens (tertiary/aromatic N) is 1. The number of nitrogens with one attached hydrogen (secondary N) is 1. The Kier molecular flexibility index (Phi) is 9.67. The second kappa shape index (κ2) is 12.7. The molecular formula is C27H36N2O3S. The summed E-state index contributed by atoms with van der Waals surface area (Å²) in [5.41, 5.74) is 3.33. The van der Waals surface area contributed by atoms with Crippen LogP contribution < -0.4 is 10.1 Å². The van der Waals surface area contributed by atoms with Gasteiger partial charge in [-0.15, -0.1) is 11.8 Å². The molecule has 0 aliphatic heterocycles. The second-order valence-electron chi connectivity index (χ2n) is 8.87. The molecule has 3 rings (SSSR count). The fourth-order valence-electron chi connectivity index (χ4n) is 4.22. The van der Waals surface area contributed by atoms with Gasteiger partial charge in [0.25, 0.3) is 0 Å². The number of aryl methyl sites for hydroxylation is 1. The lowest BCUT2D eigenvalue weighted by Crippen LogP contribution is -2.50. The Bertz CT molecular complexity index is 910. The minimum atomic E-state index is -0.512. The molecule has 2 aromatic carbocycles. The van der Waals surface area contributed by atoms with E-state index < -0.39 is 6.04 Å². The van der Waals surface area contributed by atoms with Gasteiger partial charge in [0.2, 0.25) is 11.8 Å². The van der Waals surface area contributed by atoms with Crippen molar-refractivity contribution in [3.05, 3.63) is 65.2 Å². The fraction of sp³-hybridized carbons (Fsp3) is 0.481. The summed E-state index contributed by atoms with van der Waals surface area (Å²) in [7, 11) is 1.65. The van der Waals surface area contributed by atoms with Crippen molar-refractivity contribution in [2.24, 2.45) is 0 Å². The van der Waals surface area contributed by atoms with E-state index in [1.807, 2.05) is 56.3 Å². The Hall–Kier alpha value is -2.47. The number of hydrogen-bond donors (Lipinski definition) is 1. The molecule has 0 spiro atoms. The van der Waals surface area contributed by atoms with Crippen LogP contribution in [0.15, 0.2) is 48.5 Å². The van der Waals surface area contributed by atoms with E-state index in [1.165, 1.54) is 6.42 Å². The van der Waals surface area contributed by atoms with Gasteiger partial charge in [0.1, 0.15) is 11.8 Å². The lowest BCUT2D eigenvalue weighted by molar-refractivity contribution is -0.139. The van der Waals surface area contributed by atoms with Crippen LogP contribution in [-0.4, -0.2) is 41.7 Å². The van der Waals surface area contributed by atoms with Crippen LogP contribution >= 0.6 is 11.8 Å². The topological polar surface area (TPSA) is 58.6 Å². The highest BCUT2D eigenvalue weighted by Crippen LogP contribution is 2.20. The summed E-state index contributed by atoms with van der Waals surface area (Å²) in [6, 6.07) is 15.7. The maximum atomic E-state index is 13.3. The van der Waals surface area contributed by atoms with Crippen LogP contribution in [0.5, 0.6) is 5.75 Å². The quantitative estimate of drug-likeness (QED) is 0.527. The number of benzene rings is 2. The minimum Gasteiger partial charge on any atom is -0.497 e. The van der Waals surface area contributed by atoms with Crippen LogP contribution in [0.2, 0.25) is 0 Å². The third kappa shape index (κ3) is 7.81. The van der Waals surface area contributed by atoms with Gasteiger partial charge in [-0.3, -0.25) is 9.59 Å². The van der Waals surface area contributed by atoms with E-state index in [9.17, 15) is 9.59 Å². The van der Waals surface area contributed by atoms with Crippen molar-refractivity contribution in [1.29, 1.82) is 0 Å². The number of ether oxygens (including phenoxy) is 1. The molecule has 1 N–H and O–H groups in total. The monoisotopic (exact) mass is 468 g/mol. The summed E-state index contributed by atoms with van der Waals surface area (Å²) in [4.78, 5) is 28.0. The van der Waals surface area contributed by atoms with Crippen LogP contribution in [0.1, 0.15) is 55.7 Å². The normalized spacial score (nSPS) is 15.0. The smallest absolute Gasteiger partial charge is 0.242 e. The molecule has 33 heavy (non-hydrogen) atoms. The summed E-state index contributed by atoms with van der Waals surface area (Å²) in [5.74, 6) is 1.82. The van der Waals surface area contributed by atoms with Crippen LogP contribution in [0, 0.1) is 6.92 Å². The van der Waals surface area contributed by atoms with E-state index in [1.54, 1.807) is 23.8 Å². The first-order chi connectivity index (χ1) is 16.0. The molecule has 1 saturated carbocycles. The van der Waals surface area contributed by atoms with Gasteiger partial charge in [-0.2, -0.15) is 0 Å². The van der Waals surface area contributed by atoms with Gasteiger partial charge >= 0.3 is 0 Å². The molecule has 1 atom stereocenters. The van der Waals surface area contributed by atoms with Gasteiger partial charge in [-0.05, 0) is 49.9 Å². The van der Waals surface area contributed by atoms with Crippen molar-refractivity contribution in [1.82, 2.24) is 10.2 Å². The second-order valence-corrected chi connectivity index (χ2v) is 9.86. The summed E-state index contributed by atoms with van der Waals surface area (Å²) in [5, 5.41) is 3.19. The van der Waals surface area contributed by atoms with E-state index in [4.69, 9.17) is 4.74 Å². The van der Waals surface area contributed by atoms with Gasteiger partial charge in [-0.25, -0.2) is 0 Å². The predicted octanol–water partition coefficient (Wildman–Crippen LogP) is 5.10. The highest BCUT2D eigenvalue weighted by atomic mass is 32.2. The highest BCUT2D eigenvalue weighted by molar-refractivity contribution is 7.99. The molecule has 0 heterocycles. The molecule has 0 saturated heterocycles. The van der Waals surface area contributed by atoms with Gasteiger partial charge in [0, 0.05) is 18.3 Å². The molecule has 1 aliphatic rings. The zero-order chi connectivity index (χ0) is 23.6. The van der Waals surface area contributed by atoms with Gasteiger partial charge < -0.3 is 15.0 Å². The predicted molar refractivity (Wildman–Crippen MR) is 135 cm³/mol. The molecule has 6 heteroatoms. The molecule has 5 nitrogen and oxygen atoms in total. The molecule has 178 valence electrons. The Labute approximate surface area is 202 Å². The van der Waals surface area contributed by atoms with Crippen molar-refractivity contribution < 1.29 is 14.3 Å². The molecule has 1 aliphatic carbocycles. The zero-order valence-corrected chi connectivity index (χ0v) is 20.8. The van der Waals surface area contributed by atoms with Crippen molar-refractivity contribution in [2.75, 3.05) is 12.9 Å². The number of carbonyl (C=O) groups is 2. The molecule has 0 radical (unpaired) electrons. The maximum absolute atomic E-state index is 13.3. The molecule has 0 aromatic heterocycles. The lowest BCUT2D eigenvalue weighted by atomic mass is 9.95. The largest absolute Gasteiger partial charge is 0.497 e. The van der Waals surface area contributed by atoms with Crippen molar-refractivity contribution in [2.45, 2.75) is 70.3 Å². The molecule has 2 amide bonds. The summed E-state index contributed by atoms with van der Waals surface area (Å²) in [6.45, 7) is 4.32. The van der Waals surface area contributed by atoms with E-state index in [-0.39, 0.29) is 17.9 Å². The first-order valence-electron chi connectivity index (χ1n) is 11.8. The van der Waals surface area contributed by atoms with E-state index in [0.717, 1.165) is 53.9 Å². The molecule has 2 aromatic rings. The Balaban J connectivity index is 1.63. The molecular weight excluding hydrogens is 432 g/mol. The average molecular weight is 469 g/mol. The summed E-state index contributed by atoms with van der Waals surface area (Å²) >= 11 is 1.57. The van der Waals surface area contributed by atoms with E-state index in [0.29, 0.717) is 12.3 Å². The fourth-order valence-corrected chi connectivity index (χ4v) is 5.09. The first-order valence-corrected chi connectivity index (χ1v) is 13.0. The van der Waals surface area contributed by atoms with Crippen molar-refractivity contribution >= 4 is 23.6 Å². The van der Waals surface area contributed by atoms with Gasteiger partial charge in [0.15, 0.2) is 0 Å².